The number of unbranched alkanes of at least 4 members (excludes halogenated alkanes) is 1. The fourth-order valence-corrected chi connectivity index (χ4v) is 6.40. The van der Waals surface area contributed by atoms with E-state index >= 15 is 0 Å². The van der Waals surface area contributed by atoms with Gasteiger partial charge in [-0.1, -0.05) is 26.7 Å². The first kappa shape index (κ1) is 17.7. The summed E-state index contributed by atoms with van der Waals surface area (Å²) in [5.74, 6) is -15.5. The van der Waals surface area contributed by atoms with Crippen LogP contribution in [-0.4, -0.2) is 31.6 Å². The van der Waals surface area contributed by atoms with Crippen molar-refractivity contribution in [2.45, 2.75) is 68.9 Å². The van der Waals surface area contributed by atoms with E-state index in [1.165, 1.54) is 0 Å². The fourth-order valence-electron chi connectivity index (χ4n) is 2.40. The van der Waals surface area contributed by atoms with Gasteiger partial charge in [0.05, 0.1) is 0 Å². The van der Waals surface area contributed by atoms with Crippen molar-refractivity contribution in [3.63, 3.8) is 0 Å². The topological polar surface area (TPSA) is 9.23 Å². The van der Waals surface area contributed by atoms with Gasteiger partial charge >= 0.3 is 17.4 Å². The van der Waals surface area contributed by atoms with Crippen LogP contribution in [0.5, 0.6) is 0 Å². The summed E-state index contributed by atoms with van der Waals surface area (Å²) in [6.07, 6.45) is 0.479. The van der Waals surface area contributed by atoms with Crippen LogP contribution >= 0.6 is 0 Å². The smallest absolute Gasteiger partial charge is 0.375 e. The van der Waals surface area contributed by atoms with Gasteiger partial charge in [-0.05, 0) is 12.1 Å². The molecule has 0 aromatic carbocycles. The van der Waals surface area contributed by atoms with Gasteiger partial charge in [-0.2, -0.15) is 17.6 Å². The number of rotatable bonds is 4. The number of alkyl halides is 7. The molecule has 0 radical (unpaired) electrons. The lowest BCUT2D eigenvalue weighted by atomic mass is 10.1. The Bertz CT molecular complexity index is 372. The van der Waals surface area contributed by atoms with E-state index in [4.69, 9.17) is 0 Å². The van der Waals surface area contributed by atoms with Crippen molar-refractivity contribution in [2.24, 2.45) is 0 Å². The highest BCUT2D eigenvalue weighted by Crippen LogP contribution is 2.61. The van der Waals surface area contributed by atoms with Crippen LogP contribution in [0.3, 0.4) is 0 Å². The Labute approximate surface area is 113 Å². The van der Waals surface area contributed by atoms with E-state index in [1.54, 1.807) is 6.92 Å². The van der Waals surface area contributed by atoms with Crippen molar-refractivity contribution in [1.82, 2.24) is 0 Å². The first-order valence-electron chi connectivity index (χ1n) is 6.35. The van der Waals surface area contributed by atoms with E-state index in [-0.39, 0.29) is 13.3 Å². The third-order valence-electron chi connectivity index (χ3n) is 3.81. The van der Waals surface area contributed by atoms with E-state index in [0.717, 1.165) is 6.92 Å². The highest BCUT2D eigenvalue weighted by molar-refractivity contribution is 6.76. The highest BCUT2D eigenvalue weighted by Gasteiger charge is 2.89. The summed E-state index contributed by atoms with van der Waals surface area (Å²) in [6.45, 7) is 2.87. The van der Waals surface area contributed by atoms with Crippen LogP contribution in [0.15, 0.2) is 0 Å². The predicted octanol–water partition coefficient (Wildman–Crippen LogP) is 4.91. The minimum Gasteiger partial charge on any atom is -0.375 e. The van der Waals surface area contributed by atoms with Crippen LogP contribution in [0.1, 0.15) is 33.6 Å². The summed E-state index contributed by atoms with van der Waals surface area (Å²) >= 11 is 0. The molecule has 1 aliphatic heterocycles. The maximum atomic E-state index is 14.0. The fraction of sp³-hybridized carbons (Fsp3) is 1.00. The first-order valence-corrected chi connectivity index (χ1v) is 8.67. The van der Waals surface area contributed by atoms with Gasteiger partial charge in [-0.25, -0.2) is 13.2 Å². The van der Waals surface area contributed by atoms with Crippen molar-refractivity contribution in [3.05, 3.63) is 0 Å². The maximum absolute atomic E-state index is 14.0. The van der Waals surface area contributed by atoms with Gasteiger partial charge in [0.25, 0.3) is 14.2 Å². The molecular formula is C11H17F7OSi. The normalized spacial score (nSPS) is 38.7. The van der Waals surface area contributed by atoms with Crippen LogP contribution in [0, 0.1) is 0 Å². The Morgan fingerprint density at radius 1 is 0.900 bits per heavy atom. The SMILES string of the molecule is CCCC[Si]1(CC)OC(C)(F)C(F)(F)C(F)(F)C1(F)F. The number of hydrogen-bond acceptors (Lipinski definition) is 1. The minimum absolute atomic E-state index is 0.0907. The van der Waals surface area contributed by atoms with Crippen LogP contribution in [0.2, 0.25) is 12.1 Å². The largest absolute Gasteiger partial charge is 0.376 e. The second kappa shape index (κ2) is 4.86. The van der Waals surface area contributed by atoms with Crippen LogP contribution in [0.4, 0.5) is 30.7 Å². The monoisotopic (exact) mass is 326 g/mol. The lowest BCUT2D eigenvalue weighted by Gasteiger charge is -2.52. The molecule has 0 amide bonds. The number of hydrogen-bond donors (Lipinski definition) is 0. The molecule has 1 nitrogen and oxygen atoms in total. The van der Waals surface area contributed by atoms with E-state index < -0.39 is 43.7 Å². The summed E-state index contributed by atoms with van der Waals surface area (Å²) in [6, 6.07) is -1.05. The summed E-state index contributed by atoms with van der Waals surface area (Å²) in [4.78, 5) is 0. The zero-order valence-corrected chi connectivity index (χ0v) is 12.4. The molecule has 1 aliphatic rings. The average molecular weight is 326 g/mol. The maximum Gasteiger partial charge on any atom is 0.376 e. The zero-order valence-electron chi connectivity index (χ0n) is 11.4. The molecule has 1 fully saturated rings. The van der Waals surface area contributed by atoms with E-state index in [9.17, 15) is 30.7 Å². The summed E-state index contributed by atoms with van der Waals surface area (Å²) in [7, 11) is -4.70. The zero-order chi connectivity index (χ0) is 16.0. The van der Waals surface area contributed by atoms with Gasteiger partial charge < -0.3 is 4.43 Å². The highest BCUT2D eigenvalue weighted by atomic mass is 28.4. The third-order valence-corrected chi connectivity index (χ3v) is 8.35. The molecule has 0 N–H and O–H groups in total. The predicted molar refractivity (Wildman–Crippen MR) is 61.4 cm³/mol. The van der Waals surface area contributed by atoms with Gasteiger partial charge in [-0.3, -0.25) is 0 Å². The lowest BCUT2D eigenvalue weighted by molar-refractivity contribution is -0.384. The molecule has 0 bridgehead atoms. The van der Waals surface area contributed by atoms with Crippen molar-refractivity contribution in [1.29, 1.82) is 0 Å². The van der Waals surface area contributed by atoms with E-state index in [2.05, 4.69) is 4.43 Å². The summed E-state index contributed by atoms with van der Waals surface area (Å²) in [5, 5.41) is 0. The molecule has 0 aliphatic carbocycles. The Morgan fingerprint density at radius 2 is 1.40 bits per heavy atom. The second-order valence-corrected chi connectivity index (χ2v) is 9.22. The van der Waals surface area contributed by atoms with Gasteiger partial charge in [-0.15, -0.1) is 0 Å². The molecule has 1 rings (SSSR count). The number of halogens is 7. The van der Waals surface area contributed by atoms with Crippen molar-refractivity contribution < 1.29 is 35.2 Å². The van der Waals surface area contributed by atoms with Crippen molar-refractivity contribution in [2.75, 3.05) is 0 Å². The van der Waals surface area contributed by atoms with Gasteiger partial charge in [0.2, 0.25) is 0 Å². The molecule has 1 heterocycles. The summed E-state index contributed by atoms with van der Waals surface area (Å²) < 4.78 is 100. The quantitative estimate of drug-likeness (QED) is 0.527. The molecule has 20 heavy (non-hydrogen) atoms. The minimum atomic E-state index is -5.77. The van der Waals surface area contributed by atoms with Gasteiger partial charge in [0.15, 0.2) is 0 Å². The Kier molecular flexibility index (Phi) is 4.31. The Hall–Kier alpha value is -0.313. The van der Waals surface area contributed by atoms with Crippen molar-refractivity contribution in [3.8, 4) is 0 Å². The molecule has 2 atom stereocenters. The average Bonchev–Trinajstić information content (AvgIpc) is 2.32. The lowest BCUT2D eigenvalue weighted by Crippen LogP contribution is -2.79. The standard InChI is InChI=1S/C11H17F7OSi/c1-4-6-7-20(5-2)11(17,18)10(15,16)9(13,14)8(3,12)19-20/h4-7H2,1-3H3. The molecule has 120 valence electrons. The van der Waals surface area contributed by atoms with Crippen LogP contribution in [-0.2, 0) is 4.43 Å². The Morgan fingerprint density at radius 3 is 1.80 bits per heavy atom. The molecule has 0 spiro atoms. The molecule has 9 heteroatoms. The summed E-state index contributed by atoms with van der Waals surface area (Å²) in [5.41, 5.74) is -5.03. The van der Waals surface area contributed by atoms with E-state index in [0.29, 0.717) is 6.42 Å². The van der Waals surface area contributed by atoms with Crippen LogP contribution in [0.25, 0.3) is 0 Å². The molecular weight excluding hydrogens is 309 g/mol. The Balaban J connectivity index is 3.42. The van der Waals surface area contributed by atoms with Gasteiger partial charge in [0, 0.05) is 6.92 Å². The van der Waals surface area contributed by atoms with E-state index in [1.807, 2.05) is 0 Å². The first-order chi connectivity index (χ1) is 8.83. The molecule has 0 saturated carbocycles. The second-order valence-electron chi connectivity index (χ2n) is 5.19. The molecule has 0 aromatic heterocycles. The van der Waals surface area contributed by atoms with Crippen LogP contribution < -0.4 is 0 Å². The van der Waals surface area contributed by atoms with Gasteiger partial charge in [0.1, 0.15) is 0 Å². The molecule has 2 unspecified atom stereocenters. The molecule has 0 aromatic rings. The molecule has 1 saturated heterocycles. The third kappa shape index (κ3) is 1.99. The van der Waals surface area contributed by atoms with Crippen molar-refractivity contribution >= 4 is 8.32 Å².